The summed E-state index contributed by atoms with van der Waals surface area (Å²) in [7, 11) is -1.09. The molecule has 1 fully saturated rings. The van der Waals surface area contributed by atoms with Crippen molar-refractivity contribution in [2.75, 3.05) is 0 Å². The topological polar surface area (TPSA) is 18.5 Å². The summed E-state index contributed by atoms with van der Waals surface area (Å²) in [5.74, 6) is 6.89. The lowest BCUT2D eigenvalue weighted by atomic mass is 9.85. The van der Waals surface area contributed by atoms with Crippen LogP contribution in [-0.2, 0) is 9.47 Å². The van der Waals surface area contributed by atoms with E-state index in [0.717, 1.165) is 82.2 Å². The Hall–Kier alpha value is -1.41. The summed E-state index contributed by atoms with van der Waals surface area (Å²) < 4.78 is 26.6. The van der Waals surface area contributed by atoms with Gasteiger partial charge in [0.05, 0.1) is 26.1 Å². The van der Waals surface area contributed by atoms with Crippen LogP contribution >= 0.6 is 0 Å². The van der Waals surface area contributed by atoms with E-state index in [1.54, 1.807) is 0 Å². The Bertz CT molecular complexity index is 973. The van der Waals surface area contributed by atoms with Crippen molar-refractivity contribution in [2.24, 2.45) is 5.41 Å². The molecule has 240 valence electrons. The van der Waals surface area contributed by atoms with Crippen molar-refractivity contribution in [3.8, 4) is 11.8 Å². The van der Waals surface area contributed by atoms with Gasteiger partial charge < -0.3 is 9.47 Å². The second-order valence-corrected chi connectivity index (χ2v) is 20.5. The van der Waals surface area contributed by atoms with Crippen LogP contribution in [0.4, 0.5) is 4.39 Å². The van der Waals surface area contributed by atoms with Crippen LogP contribution in [-0.4, -0.2) is 26.6 Å². The van der Waals surface area contributed by atoms with Gasteiger partial charge in [-0.1, -0.05) is 68.4 Å². The highest BCUT2D eigenvalue weighted by Gasteiger charge is 2.24. The van der Waals surface area contributed by atoms with Gasteiger partial charge in [-0.15, -0.1) is 11.8 Å². The van der Waals surface area contributed by atoms with E-state index in [-0.39, 0.29) is 17.5 Å². The molecule has 42 heavy (non-hydrogen) atoms. The average Bonchev–Trinajstić information content (AvgIpc) is 2.87. The van der Waals surface area contributed by atoms with Crippen molar-refractivity contribution in [3.05, 3.63) is 46.3 Å². The highest BCUT2D eigenvalue weighted by molar-refractivity contribution is 6.76. The molecule has 1 saturated heterocycles. The normalized spacial score (nSPS) is 21.6. The van der Waals surface area contributed by atoms with Crippen molar-refractivity contribution in [1.82, 2.24) is 0 Å². The molecule has 0 unspecified atom stereocenters. The minimum absolute atomic E-state index is 0.0485. The molecule has 1 aliphatic heterocycles. The van der Waals surface area contributed by atoms with E-state index in [0.29, 0.717) is 18.6 Å². The highest BCUT2D eigenvalue weighted by Crippen LogP contribution is 2.27. The van der Waals surface area contributed by atoms with E-state index in [4.69, 9.17) is 9.47 Å². The van der Waals surface area contributed by atoms with Crippen LogP contribution in [0.25, 0.3) is 0 Å². The molecule has 0 spiro atoms. The first-order valence-electron chi connectivity index (χ1n) is 16.6. The lowest BCUT2D eigenvalue weighted by Gasteiger charge is -2.32. The molecule has 0 aromatic heterocycles. The number of halogens is 1. The van der Waals surface area contributed by atoms with Gasteiger partial charge in [0.1, 0.15) is 0 Å². The highest BCUT2D eigenvalue weighted by atomic mass is 28.3. The van der Waals surface area contributed by atoms with Crippen LogP contribution < -0.4 is 0 Å². The molecular weight excluding hydrogens is 536 g/mol. The van der Waals surface area contributed by atoms with Crippen LogP contribution in [0.5, 0.6) is 0 Å². The summed E-state index contributed by atoms with van der Waals surface area (Å²) in [6, 6.07) is 1.08. The molecule has 4 heteroatoms. The SMILES string of the molecule is C/C(=C/CC(C)(C)CC#CC[Si](C)(C)C)CC/C(C)=C(\F)CC/C=C(\C)CC/C=C(\C)CCCC1O[C@@H](C)C[C@H](C)O1. The molecule has 0 aliphatic carbocycles. The average molecular weight is 601 g/mol. The quantitative estimate of drug-likeness (QED) is 0.0939. The molecule has 1 heterocycles. The fourth-order valence-corrected chi connectivity index (χ4v) is 5.65. The van der Waals surface area contributed by atoms with Gasteiger partial charge in [0.15, 0.2) is 6.29 Å². The molecule has 0 amide bonds. The van der Waals surface area contributed by atoms with E-state index >= 15 is 0 Å². The lowest BCUT2D eigenvalue weighted by Crippen LogP contribution is -2.35. The number of ether oxygens (including phenoxy) is 2. The Morgan fingerprint density at radius 2 is 1.38 bits per heavy atom. The number of rotatable bonds is 17. The van der Waals surface area contributed by atoms with Crippen molar-refractivity contribution < 1.29 is 13.9 Å². The molecule has 0 aromatic rings. The fraction of sp³-hybridized carbons (Fsp3) is 0.737. The Morgan fingerprint density at radius 1 is 0.810 bits per heavy atom. The van der Waals surface area contributed by atoms with E-state index in [2.05, 4.69) is 98.2 Å². The van der Waals surface area contributed by atoms with Gasteiger partial charge in [-0.25, -0.2) is 4.39 Å². The molecule has 2 atom stereocenters. The maximum atomic E-state index is 14.8. The lowest BCUT2D eigenvalue weighted by molar-refractivity contribution is -0.236. The Morgan fingerprint density at radius 3 is 2.00 bits per heavy atom. The summed E-state index contributed by atoms with van der Waals surface area (Å²) in [6.07, 6.45) is 18.6. The Labute approximate surface area is 261 Å². The van der Waals surface area contributed by atoms with Crippen LogP contribution in [0.15, 0.2) is 46.3 Å². The van der Waals surface area contributed by atoms with E-state index < -0.39 is 8.07 Å². The summed E-state index contributed by atoms with van der Waals surface area (Å²) in [6.45, 7) is 24.5. The fourth-order valence-electron chi connectivity index (χ4n) is 5.00. The second kappa shape index (κ2) is 19.8. The van der Waals surface area contributed by atoms with Gasteiger partial charge in [-0.2, -0.15) is 0 Å². The monoisotopic (exact) mass is 600 g/mol. The summed E-state index contributed by atoms with van der Waals surface area (Å²) >= 11 is 0. The summed E-state index contributed by atoms with van der Waals surface area (Å²) in [5.41, 5.74) is 5.21. The van der Waals surface area contributed by atoms with E-state index in [1.807, 2.05) is 6.92 Å². The van der Waals surface area contributed by atoms with Crippen molar-refractivity contribution in [2.45, 2.75) is 177 Å². The third-order valence-corrected chi connectivity index (χ3v) is 9.24. The van der Waals surface area contributed by atoms with Crippen LogP contribution in [0, 0.1) is 17.3 Å². The minimum atomic E-state index is -1.09. The molecule has 2 nitrogen and oxygen atoms in total. The Kier molecular flexibility index (Phi) is 18.2. The van der Waals surface area contributed by atoms with Crippen molar-refractivity contribution in [3.63, 3.8) is 0 Å². The Balaban J connectivity index is 2.33. The smallest absolute Gasteiger partial charge is 0.158 e. The summed E-state index contributed by atoms with van der Waals surface area (Å²) in [5, 5.41) is 0. The number of hydrogen-bond acceptors (Lipinski definition) is 2. The van der Waals surface area contributed by atoms with Gasteiger partial charge in [0.2, 0.25) is 0 Å². The zero-order valence-corrected chi connectivity index (χ0v) is 30.4. The predicted molar refractivity (Wildman–Crippen MR) is 185 cm³/mol. The largest absolute Gasteiger partial charge is 0.350 e. The van der Waals surface area contributed by atoms with E-state index in [1.165, 1.54) is 16.7 Å². The first-order valence-corrected chi connectivity index (χ1v) is 20.3. The summed E-state index contributed by atoms with van der Waals surface area (Å²) in [4.78, 5) is 0. The second-order valence-electron chi connectivity index (χ2n) is 15.0. The number of allylic oxidation sites excluding steroid dienone is 8. The third kappa shape index (κ3) is 19.7. The molecule has 0 saturated carbocycles. The van der Waals surface area contributed by atoms with Crippen molar-refractivity contribution >= 4 is 8.07 Å². The maximum absolute atomic E-state index is 14.8. The van der Waals surface area contributed by atoms with Crippen molar-refractivity contribution in [1.29, 1.82) is 0 Å². The van der Waals surface area contributed by atoms with Gasteiger partial charge >= 0.3 is 0 Å². The first-order chi connectivity index (χ1) is 19.6. The van der Waals surface area contributed by atoms with Gasteiger partial charge in [-0.05, 0) is 117 Å². The maximum Gasteiger partial charge on any atom is 0.158 e. The minimum Gasteiger partial charge on any atom is -0.350 e. The van der Waals surface area contributed by atoms with Crippen LogP contribution in [0.2, 0.25) is 25.7 Å². The first kappa shape index (κ1) is 38.6. The predicted octanol–water partition coefficient (Wildman–Crippen LogP) is 12.3. The van der Waals surface area contributed by atoms with Gasteiger partial charge in [-0.3, -0.25) is 0 Å². The zero-order valence-electron chi connectivity index (χ0n) is 29.4. The number of hydrogen-bond donors (Lipinski definition) is 0. The molecule has 0 N–H and O–H groups in total. The molecule has 0 radical (unpaired) electrons. The van der Waals surface area contributed by atoms with Gasteiger partial charge in [0, 0.05) is 18.9 Å². The standard InChI is InChI=1S/C38H65FO2Si/c1-30(17-14-18-31(2)20-16-22-37-40-34(5)29-35(6)41-37)19-15-21-36(39)33(4)24-23-32(3)25-27-38(7,8)26-12-13-28-42(9,10)11/h18-19,25,34-35,37H,14-17,20-24,26-29H2,1-11H3/b30-19+,31-18+,32-25-,36-33-/t34-,35-/m0/s1. The third-order valence-electron chi connectivity index (χ3n) is 8.00. The molecule has 0 aromatic carbocycles. The van der Waals surface area contributed by atoms with Gasteiger partial charge in [0.25, 0.3) is 0 Å². The molecule has 1 rings (SSSR count). The van der Waals surface area contributed by atoms with E-state index in [9.17, 15) is 4.39 Å². The zero-order chi connectivity index (χ0) is 31.8. The molecule has 1 aliphatic rings. The molecular formula is C38H65FO2Si. The van der Waals surface area contributed by atoms with Crippen LogP contribution in [0.1, 0.15) is 132 Å². The molecule has 0 bridgehead atoms. The van der Waals surface area contributed by atoms with Crippen LogP contribution in [0.3, 0.4) is 0 Å².